The molecule has 6 nitrogen and oxygen atoms in total. The van der Waals surface area contributed by atoms with Gasteiger partial charge >= 0.3 is 17.9 Å². The van der Waals surface area contributed by atoms with Crippen molar-refractivity contribution in [3.63, 3.8) is 0 Å². The van der Waals surface area contributed by atoms with Crippen LogP contribution in [0, 0.1) is 0 Å². The number of rotatable bonds is 54. The molecule has 0 fully saturated rings. The van der Waals surface area contributed by atoms with Crippen molar-refractivity contribution in [2.75, 3.05) is 13.2 Å². The molecule has 0 bridgehead atoms. The van der Waals surface area contributed by atoms with Gasteiger partial charge in [0.2, 0.25) is 0 Å². The Bertz CT molecular complexity index is 1130. The van der Waals surface area contributed by atoms with Crippen LogP contribution in [0.5, 0.6) is 0 Å². The molecule has 0 aliphatic rings. The van der Waals surface area contributed by atoms with Crippen LogP contribution in [0.3, 0.4) is 0 Å². The molecule has 0 rings (SSSR count). The van der Waals surface area contributed by atoms with Gasteiger partial charge in [-0.15, -0.1) is 0 Å². The first-order chi connectivity index (χ1) is 33.0. The van der Waals surface area contributed by atoms with Gasteiger partial charge in [0, 0.05) is 19.3 Å². The summed E-state index contributed by atoms with van der Waals surface area (Å²) in [5.41, 5.74) is 0. The summed E-state index contributed by atoms with van der Waals surface area (Å²) in [5.74, 6) is -0.862. The Morgan fingerprint density at radius 2 is 0.537 bits per heavy atom. The van der Waals surface area contributed by atoms with E-state index in [1.165, 1.54) is 205 Å². The number of hydrogen-bond donors (Lipinski definition) is 0. The molecule has 0 aromatic rings. The Balaban J connectivity index is 4.01. The van der Waals surface area contributed by atoms with Crippen molar-refractivity contribution in [1.82, 2.24) is 0 Å². The van der Waals surface area contributed by atoms with Crippen LogP contribution >= 0.6 is 0 Å². The van der Waals surface area contributed by atoms with Gasteiger partial charge in [-0.05, 0) is 57.8 Å². The third kappa shape index (κ3) is 54.4. The molecule has 0 heterocycles. The molecule has 0 radical (unpaired) electrons. The van der Waals surface area contributed by atoms with Crippen molar-refractivity contribution in [1.29, 1.82) is 0 Å². The summed E-state index contributed by atoms with van der Waals surface area (Å²) in [5, 5.41) is 0. The van der Waals surface area contributed by atoms with Gasteiger partial charge in [-0.3, -0.25) is 14.4 Å². The first-order valence-electron chi connectivity index (χ1n) is 29.5. The lowest BCUT2D eigenvalue weighted by Crippen LogP contribution is -2.30. The summed E-state index contributed by atoms with van der Waals surface area (Å²) in [7, 11) is 0. The summed E-state index contributed by atoms with van der Waals surface area (Å²) < 4.78 is 16.8. The van der Waals surface area contributed by atoms with E-state index < -0.39 is 6.10 Å². The molecular weight excluding hydrogens is 829 g/mol. The average Bonchev–Trinajstić information content (AvgIpc) is 3.33. The van der Waals surface area contributed by atoms with Crippen molar-refractivity contribution in [3.05, 3.63) is 36.5 Å². The fraction of sp³-hybridized carbons (Fsp3) is 0.852. The fourth-order valence-corrected chi connectivity index (χ4v) is 8.69. The SMILES string of the molecule is CCCCCCC/C=C\C/C=C\C/C=C\CCCCCCCCCCCCCCCCC(=O)OCC(COC(=O)CCCCCCCC)OC(=O)CCCCCCCCCCCCCCCC. The highest BCUT2D eigenvalue weighted by Gasteiger charge is 2.19. The molecule has 0 saturated carbocycles. The van der Waals surface area contributed by atoms with Crippen LogP contribution in [0.2, 0.25) is 0 Å². The molecular formula is C61H112O6. The Hall–Kier alpha value is -2.37. The van der Waals surface area contributed by atoms with Crippen molar-refractivity contribution in [2.24, 2.45) is 0 Å². The van der Waals surface area contributed by atoms with E-state index in [1.807, 2.05) is 0 Å². The molecule has 0 aliphatic heterocycles. The van der Waals surface area contributed by atoms with E-state index in [2.05, 4.69) is 57.2 Å². The van der Waals surface area contributed by atoms with Crippen LogP contribution in [0.15, 0.2) is 36.5 Å². The molecule has 1 unspecified atom stereocenters. The van der Waals surface area contributed by atoms with Gasteiger partial charge in [0.1, 0.15) is 13.2 Å². The first kappa shape index (κ1) is 64.6. The zero-order chi connectivity index (χ0) is 48.6. The van der Waals surface area contributed by atoms with E-state index in [9.17, 15) is 14.4 Å². The zero-order valence-corrected chi connectivity index (χ0v) is 44.9. The van der Waals surface area contributed by atoms with Crippen LogP contribution in [-0.2, 0) is 28.6 Å². The molecule has 1 atom stereocenters. The van der Waals surface area contributed by atoms with Gasteiger partial charge in [0.05, 0.1) is 0 Å². The van der Waals surface area contributed by atoms with Crippen LogP contribution < -0.4 is 0 Å². The van der Waals surface area contributed by atoms with Crippen molar-refractivity contribution in [2.45, 2.75) is 322 Å². The summed E-state index contributed by atoms with van der Waals surface area (Å²) in [6.45, 7) is 6.60. The molecule has 0 aromatic carbocycles. The molecule has 0 spiro atoms. The largest absolute Gasteiger partial charge is 0.462 e. The van der Waals surface area contributed by atoms with Gasteiger partial charge in [-0.25, -0.2) is 0 Å². The van der Waals surface area contributed by atoms with Gasteiger partial charge in [0.25, 0.3) is 0 Å². The normalized spacial score (nSPS) is 12.2. The Labute approximate surface area is 416 Å². The highest BCUT2D eigenvalue weighted by molar-refractivity contribution is 5.71. The lowest BCUT2D eigenvalue weighted by Gasteiger charge is -2.18. The third-order valence-electron chi connectivity index (χ3n) is 13.1. The maximum absolute atomic E-state index is 12.8. The lowest BCUT2D eigenvalue weighted by molar-refractivity contribution is -0.167. The number of allylic oxidation sites excluding steroid dienone is 6. The van der Waals surface area contributed by atoms with Crippen LogP contribution in [0.1, 0.15) is 316 Å². The summed E-state index contributed by atoms with van der Waals surface area (Å²) >= 11 is 0. The molecule has 0 aromatic heterocycles. The molecule has 67 heavy (non-hydrogen) atoms. The summed E-state index contributed by atoms with van der Waals surface area (Å²) in [6.07, 6.45) is 67.5. The number of carbonyl (C=O) groups is 3. The zero-order valence-electron chi connectivity index (χ0n) is 44.9. The summed E-state index contributed by atoms with van der Waals surface area (Å²) in [6, 6.07) is 0. The number of unbranched alkanes of at least 4 members (excludes halogenated alkanes) is 37. The lowest BCUT2D eigenvalue weighted by atomic mass is 10.0. The van der Waals surface area contributed by atoms with E-state index in [-0.39, 0.29) is 31.1 Å². The Morgan fingerprint density at radius 1 is 0.299 bits per heavy atom. The monoisotopic (exact) mass is 941 g/mol. The minimum absolute atomic E-state index is 0.0679. The van der Waals surface area contributed by atoms with Gasteiger partial charge < -0.3 is 14.2 Å². The smallest absolute Gasteiger partial charge is 0.306 e. The highest BCUT2D eigenvalue weighted by Crippen LogP contribution is 2.17. The van der Waals surface area contributed by atoms with Crippen LogP contribution in [0.25, 0.3) is 0 Å². The van der Waals surface area contributed by atoms with Gasteiger partial charge in [0.15, 0.2) is 6.10 Å². The van der Waals surface area contributed by atoms with E-state index in [0.29, 0.717) is 19.3 Å². The summed E-state index contributed by atoms with van der Waals surface area (Å²) in [4.78, 5) is 37.8. The van der Waals surface area contributed by atoms with Crippen molar-refractivity contribution < 1.29 is 28.6 Å². The second-order valence-corrected chi connectivity index (χ2v) is 19.9. The first-order valence-corrected chi connectivity index (χ1v) is 29.5. The second-order valence-electron chi connectivity index (χ2n) is 19.9. The van der Waals surface area contributed by atoms with Crippen LogP contribution in [0.4, 0.5) is 0 Å². The predicted octanol–water partition coefficient (Wildman–Crippen LogP) is 19.7. The predicted molar refractivity (Wildman–Crippen MR) is 289 cm³/mol. The van der Waals surface area contributed by atoms with Gasteiger partial charge in [-0.2, -0.15) is 0 Å². The number of hydrogen-bond acceptors (Lipinski definition) is 6. The highest BCUT2D eigenvalue weighted by atomic mass is 16.6. The van der Waals surface area contributed by atoms with E-state index in [4.69, 9.17) is 14.2 Å². The average molecular weight is 942 g/mol. The van der Waals surface area contributed by atoms with Crippen molar-refractivity contribution >= 4 is 17.9 Å². The number of carbonyl (C=O) groups excluding carboxylic acids is 3. The molecule has 0 aliphatic carbocycles. The van der Waals surface area contributed by atoms with Crippen molar-refractivity contribution in [3.8, 4) is 0 Å². The molecule has 6 heteroatoms. The topological polar surface area (TPSA) is 78.9 Å². The molecule has 0 saturated heterocycles. The second kappa shape index (κ2) is 56.2. The minimum Gasteiger partial charge on any atom is -0.462 e. The Morgan fingerprint density at radius 3 is 0.836 bits per heavy atom. The third-order valence-corrected chi connectivity index (χ3v) is 13.1. The van der Waals surface area contributed by atoms with Gasteiger partial charge in [-0.1, -0.05) is 276 Å². The number of esters is 3. The maximum atomic E-state index is 12.8. The van der Waals surface area contributed by atoms with E-state index >= 15 is 0 Å². The molecule has 0 N–H and O–H groups in total. The van der Waals surface area contributed by atoms with Crippen LogP contribution in [-0.4, -0.2) is 37.2 Å². The quantitative estimate of drug-likeness (QED) is 0.0262. The van der Waals surface area contributed by atoms with E-state index in [0.717, 1.165) is 70.6 Å². The molecule has 0 amide bonds. The fourth-order valence-electron chi connectivity index (χ4n) is 8.69. The maximum Gasteiger partial charge on any atom is 0.306 e. The minimum atomic E-state index is -0.764. The standard InChI is InChI=1S/C61H112O6/c1-4-7-10-13-16-18-20-22-24-25-26-27-28-29-30-31-32-33-34-35-36-37-38-40-41-43-45-48-51-54-60(63)66-57-58(56-65-59(62)53-50-47-15-12-9-6-3)67-61(64)55-52-49-46-44-42-39-23-21-19-17-14-11-8-5-2/h20,22,25-26,28-29,58H,4-19,21,23-24,27,30-57H2,1-3H3/b22-20-,26-25-,29-28-. The molecule has 392 valence electrons. The van der Waals surface area contributed by atoms with E-state index in [1.54, 1.807) is 0 Å². The number of ether oxygens (including phenoxy) is 3. The Kier molecular flexibility index (Phi) is 54.2.